The third-order valence-corrected chi connectivity index (χ3v) is 6.82. The molecular formula is C29H33N3O3. The van der Waals surface area contributed by atoms with Crippen molar-refractivity contribution >= 4 is 5.71 Å². The summed E-state index contributed by atoms with van der Waals surface area (Å²) in [5.41, 5.74) is 2.39. The summed E-state index contributed by atoms with van der Waals surface area (Å²) >= 11 is 0. The molecule has 0 bridgehead atoms. The molecule has 2 aromatic carbocycles. The molecule has 3 aliphatic rings. The van der Waals surface area contributed by atoms with Crippen LogP contribution < -0.4 is 4.74 Å². The largest absolute Gasteiger partial charge is 0.508 e. The number of hydroxylamine groups is 2. The molecule has 1 N–H and O–H groups in total. The lowest BCUT2D eigenvalue weighted by Crippen LogP contribution is -2.59. The van der Waals surface area contributed by atoms with Crippen molar-refractivity contribution in [3.8, 4) is 5.75 Å². The first-order valence-corrected chi connectivity index (χ1v) is 12.5. The number of aliphatic imine (C=N–C) groups is 1. The fraction of sp³-hybridized carbons (Fsp3) is 0.345. The molecule has 1 aliphatic carbocycles. The Morgan fingerprint density at radius 1 is 1.06 bits per heavy atom. The van der Waals surface area contributed by atoms with Crippen LogP contribution in [0.25, 0.3) is 0 Å². The van der Waals surface area contributed by atoms with E-state index in [4.69, 9.17) is 14.6 Å². The first kappa shape index (κ1) is 23.4. The zero-order valence-electron chi connectivity index (χ0n) is 20.2. The number of aliphatic hydroxyl groups is 1. The van der Waals surface area contributed by atoms with E-state index in [0.717, 1.165) is 48.4 Å². The zero-order chi connectivity index (χ0) is 24.1. The molecule has 0 amide bonds. The van der Waals surface area contributed by atoms with Crippen molar-refractivity contribution in [3.05, 3.63) is 102 Å². The topological polar surface area (TPSA) is 57.5 Å². The minimum absolute atomic E-state index is 0.0253. The van der Waals surface area contributed by atoms with Crippen molar-refractivity contribution in [2.24, 2.45) is 4.99 Å². The molecule has 1 spiro atoms. The van der Waals surface area contributed by atoms with E-state index < -0.39 is 5.54 Å². The third kappa shape index (κ3) is 4.77. The highest BCUT2D eigenvalue weighted by molar-refractivity contribution is 6.08. The van der Waals surface area contributed by atoms with Crippen molar-refractivity contribution < 1.29 is 14.7 Å². The van der Waals surface area contributed by atoms with Crippen molar-refractivity contribution in [2.45, 2.75) is 50.9 Å². The second kappa shape index (κ2) is 10.5. The molecular weight excluding hydrogens is 438 g/mol. The minimum Gasteiger partial charge on any atom is -0.508 e. The molecule has 0 saturated heterocycles. The van der Waals surface area contributed by atoms with Crippen molar-refractivity contribution in [3.63, 3.8) is 0 Å². The number of hydrogen-bond acceptors (Lipinski definition) is 6. The van der Waals surface area contributed by atoms with Crippen LogP contribution in [-0.2, 0) is 11.4 Å². The van der Waals surface area contributed by atoms with E-state index in [2.05, 4.69) is 17.9 Å². The Hall–Kier alpha value is -3.35. The van der Waals surface area contributed by atoms with Gasteiger partial charge in [0, 0.05) is 24.9 Å². The lowest BCUT2D eigenvalue weighted by atomic mass is 9.79. The smallest absolute Gasteiger partial charge is 0.119 e. The Bertz CT molecular complexity index is 1130. The Labute approximate surface area is 207 Å². The van der Waals surface area contributed by atoms with Gasteiger partial charge in [0.2, 0.25) is 0 Å². The average Bonchev–Trinajstić information content (AvgIpc) is 3.18. The summed E-state index contributed by atoms with van der Waals surface area (Å²) in [5, 5.41) is 12.4. The van der Waals surface area contributed by atoms with Gasteiger partial charge in [0.15, 0.2) is 0 Å². The molecule has 2 heterocycles. The zero-order valence-corrected chi connectivity index (χ0v) is 20.2. The van der Waals surface area contributed by atoms with Crippen LogP contribution in [0.3, 0.4) is 0 Å². The van der Waals surface area contributed by atoms with Crippen LogP contribution in [0.5, 0.6) is 5.75 Å². The summed E-state index contributed by atoms with van der Waals surface area (Å²) in [7, 11) is 0. The second-order valence-corrected chi connectivity index (χ2v) is 9.12. The third-order valence-electron chi connectivity index (χ3n) is 6.82. The fourth-order valence-corrected chi connectivity index (χ4v) is 5.14. The number of unbranched alkanes of at least 4 members (excludes halogenated alkanes) is 1. The van der Waals surface area contributed by atoms with Crippen molar-refractivity contribution in [1.82, 2.24) is 9.96 Å². The van der Waals surface area contributed by atoms with Gasteiger partial charge in [-0.15, -0.1) is 0 Å². The van der Waals surface area contributed by atoms with Crippen LogP contribution in [0, 0.1) is 0 Å². The van der Waals surface area contributed by atoms with Gasteiger partial charge in [-0.25, -0.2) is 5.06 Å². The van der Waals surface area contributed by atoms with Crippen LogP contribution in [-0.4, -0.2) is 45.6 Å². The number of benzene rings is 2. The lowest BCUT2D eigenvalue weighted by Gasteiger charge is -2.47. The maximum Gasteiger partial charge on any atom is 0.119 e. The van der Waals surface area contributed by atoms with Crippen molar-refractivity contribution in [1.29, 1.82) is 0 Å². The predicted molar refractivity (Wildman–Crippen MR) is 138 cm³/mol. The molecule has 0 saturated carbocycles. The van der Waals surface area contributed by atoms with Gasteiger partial charge in [-0.05, 0) is 30.5 Å². The van der Waals surface area contributed by atoms with Gasteiger partial charge in [-0.3, -0.25) is 14.7 Å². The summed E-state index contributed by atoms with van der Waals surface area (Å²) < 4.78 is 6.09. The van der Waals surface area contributed by atoms with E-state index in [1.54, 1.807) is 0 Å². The Morgan fingerprint density at radius 2 is 1.83 bits per heavy atom. The Balaban J connectivity index is 1.41. The molecule has 6 nitrogen and oxygen atoms in total. The fourth-order valence-electron chi connectivity index (χ4n) is 5.14. The van der Waals surface area contributed by atoms with E-state index in [-0.39, 0.29) is 11.9 Å². The summed E-state index contributed by atoms with van der Waals surface area (Å²) in [6.45, 7) is 3.90. The summed E-state index contributed by atoms with van der Waals surface area (Å²) in [6, 6.07) is 20.0. The number of aliphatic hydroxyl groups excluding tert-OH is 1. The molecule has 0 radical (unpaired) electrons. The number of nitrogens with zero attached hydrogens (tertiary/aromatic N) is 3. The second-order valence-electron chi connectivity index (χ2n) is 9.12. The summed E-state index contributed by atoms with van der Waals surface area (Å²) in [4.78, 5) is 13.8. The molecule has 5 rings (SSSR count). The maximum absolute atomic E-state index is 10.6. The van der Waals surface area contributed by atoms with Gasteiger partial charge in [0.25, 0.3) is 0 Å². The van der Waals surface area contributed by atoms with Crippen LogP contribution in [0.4, 0.5) is 0 Å². The minimum atomic E-state index is -0.490. The van der Waals surface area contributed by atoms with Gasteiger partial charge in [-0.1, -0.05) is 74.4 Å². The molecule has 0 aromatic heterocycles. The number of rotatable bonds is 10. The number of para-hydroxylation sites is 1. The molecule has 182 valence electrons. The van der Waals surface area contributed by atoms with Crippen LogP contribution in [0.2, 0.25) is 0 Å². The monoisotopic (exact) mass is 471 g/mol. The van der Waals surface area contributed by atoms with E-state index in [0.29, 0.717) is 19.8 Å². The molecule has 2 atom stereocenters. The quantitative estimate of drug-likeness (QED) is 0.477. The summed E-state index contributed by atoms with van der Waals surface area (Å²) in [5.74, 6) is 1.07. The van der Waals surface area contributed by atoms with Crippen molar-refractivity contribution in [2.75, 3.05) is 13.2 Å². The highest BCUT2D eigenvalue weighted by atomic mass is 16.7. The lowest BCUT2D eigenvalue weighted by molar-refractivity contribution is -0.123. The molecule has 0 fully saturated rings. The molecule has 6 heteroatoms. The molecule has 2 unspecified atom stereocenters. The average molecular weight is 472 g/mol. The van der Waals surface area contributed by atoms with E-state index in [1.807, 2.05) is 84.1 Å². The first-order valence-electron chi connectivity index (χ1n) is 12.5. The standard InChI is InChI=1S/C29H33N3O3/c1-2-3-15-28-30-26-20-24(33)21-27-29(26,31(28)18-19-34-25-13-8-5-9-14-25)16-10-17-32(27)35-22-23-11-6-4-7-12-23/h4-14,17,20-21,28,33H,2-3,15-16,18-19,22H2,1H3. The Kier molecular flexibility index (Phi) is 7.02. The van der Waals surface area contributed by atoms with Crippen LogP contribution in [0.1, 0.15) is 38.2 Å². The molecule has 2 aliphatic heterocycles. The van der Waals surface area contributed by atoms with Crippen LogP contribution in [0.15, 0.2) is 102 Å². The van der Waals surface area contributed by atoms with Gasteiger partial charge in [0.1, 0.15) is 36.4 Å². The maximum atomic E-state index is 10.6. The highest BCUT2D eigenvalue weighted by Crippen LogP contribution is 2.45. The number of ether oxygens (including phenoxy) is 1. The van der Waals surface area contributed by atoms with E-state index in [1.165, 1.54) is 0 Å². The SMILES string of the molecule is CCCCC1N=C2C=C(O)C=C3N(OCc4ccccc4)C=CCC32N1CCOc1ccccc1. The highest BCUT2D eigenvalue weighted by Gasteiger charge is 2.54. The molecule has 35 heavy (non-hydrogen) atoms. The number of allylic oxidation sites excluding steroid dienone is 1. The van der Waals surface area contributed by atoms with Gasteiger partial charge in [0.05, 0.1) is 11.4 Å². The number of hydrogen-bond donors (Lipinski definition) is 1. The normalized spacial score (nSPS) is 23.3. The molecule has 2 aromatic rings. The summed E-state index contributed by atoms with van der Waals surface area (Å²) in [6.07, 6.45) is 11.7. The van der Waals surface area contributed by atoms with Gasteiger partial charge in [-0.2, -0.15) is 0 Å². The van der Waals surface area contributed by atoms with Gasteiger partial charge >= 0.3 is 0 Å². The van der Waals surface area contributed by atoms with E-state index in [9.17, 15) is 5.11 Å². The Morgan fingerprint density at radius 3 is 2.60 bits per heavy atom. The van der Waals surface area contributed by atoms with Gasteiger partial charge < -0.3 is 9.84 Å². The first-order chi connectivity index (χ1) is 17.2. The van der Waals surface area contributed by atoms with E-state index >= 15 is 0 Å². The van der Waals surface area contributed by atoms with Crippen LogP contribution >= 0.6 is 0 Å². The predicted octanol–water partition coefficient (Wildman–Crippen LogP) is 5.77.